The van der Waals surface area contributed by atoms with E-state index in [2.05, 4.69) is 34.8 Å². The fourth-order valence-electron chi connectivity index (χ4n) is 5.98. The van der Waals surface area contributed by atoms with Gasteiger partial charge in [0.1, 0.15) is 17.4 Å². The Morgan fingerprint density at radius 3 is 2.65 bits per heavy atom. The molecule has 4 aromatic rings. The van der Waals surface area contributed by atoms with E-state index in [1.807, 2.05) is 19.9 Å². The summed E-state index contributed by atoms with van der Waals surface area (Å²) in [7, 11) is 0. The Morgan fingerprint density at radius 2 is 1.92 bits per heavy atom. The molecule has 0 aliphatic carbocycles. The van der Waals surface area contributed by atoms with Crippen LogP contribution in [0, 0.1) is 26.6 Å². The fourth-order valence-corrected chi connectivity index (χ4v) is 5.98. The molecule has 0 radical (unpaired) electrons. The number of anilines is 1. The lowest BCUT2D eigenvalue weighted by atomic mass is 10.0. The summed E-state index contributed by atoms with van der Waals surface area (Å²) in [4.78, 5) is 20.0. The lowest BCUT2D eigenvalue weighted by Gasteiger charge is -2.32. The molecule has 2 aromatic heterocycles. The lowest BCUT2D eigenvalue weighted by Crippen LogP contribution is -2.32. The van der Waals surface area contributed by atoms with Crippen LogP contribution in [0.2, 0.25) is 0 Å². The van der Waals surface area contributed by atoms with E-state index in [-0.39, 0.29) is 29.9 Å². The molecule has 192 valence electrons. The molecule has 3 atom stereocenters. The number of imidazole rings is 1. The summed E-state index contributed by atoms with van der Waals surface area (Å²) in [6.45, 7) is 8.35. The second-order valence-corrected chi connectivity index (χ2v) is 10.4. The van der Waals surface area contributed by atoms with E-state index >= 15 is 0 Å². The van der Waals surface area contributed by atoms with Crippen molar-refractivity contribution in [1.29, 1.82) is 0 Å². The van der Waals surface area contributed by atoms with Gasteiger partial charge in [-0.15, -0.1) is 0 Å². The second-order valence-electron chi connectivity index (χ2n) is 10.4. The van der Waals surface area contributed by atoms with Crippen molar-refractivity contribution in [2.75, 3.05) is 11.5 Å². The molecule has 2 saturated heterocycles. The molecule has 2 aliphatic rings. The molecule has 2 aliphatic heterocycles. The van der Waals surface area contributed by atoms with Gasteiger partial charge >= 0.3 is 0 Å². The molecule has 0 N–H and O–H groups in total. The van der Waals surface area contributed by atoms with Gasteiger partial charge in [-0.2, -0.15) is 0 Å². The molecule has 0 saturated carbocycles. The molecule has 37 heavy (non-hydrogen) atoms. The smallest absolute Gasteiger partial charge is 0.227 e. The first-order chi connectivity index (χ1) is 17.8. The summed E-state index contributed by atoms with van der Waals surface area (Å²) in [6, 6.07) is 11.2. The normalized spacial score (nSPS) is 22.4. The van der Waals surface area contributed by atoms with Gasteiger partial charge in [0.2, 0.25) is 5.91 Å². The SMILES string of the molecule is Cc1ccc(N2C(=O)CC[C@H]2c2nc3cc(-c4c(C)noc4C)ccc3n2C2CCOC(C)C2)cc1F. The summed E-state index contributed by atoms with van der Waals surface area (Å²) < 4.78 is 28.1. The van der Waals surface area contributed by atoms with Crippen molar-refractivity contribution in [2.24, 2.45) is 0 Å². The predicted molar refractivity (Wildman–Crippen MR) is 139 cm³/mol. The molecule has 2 aromatic carbocycles. The standard InChI is InChI=1S/C29H31FN4O3/c1-16-5-7-21(15-23(16)30)33-26(9-10-27(33)35)29-31-24-14-20(28-18(3)32-37-19(28)4)6-8-25(24)34(29)22-11-12-36-17(2)13-22/h5-8,14-15,17,22,26H,9-13H2,1-4H3/t17?,22?,26-/m0/s1. The number of rotatable bonds is 4. The third-order valence-electron chi connectivity index (χ3n) is 7.81. The number of aromatic nitrogens is 3. The largest absolute Gasteiger partial charge is 0.378 e. The number of benzene rings is 2. The van der Waals surface area contributed by atoms with Gasteiger partial charge in [-0.25, -0.2) is 9.37 Å². The third-order valence-corrected chi connectivity index (χ3v) is 7.81. The Hall–Kier alpha value is -3.52. The maximum Gasteiger partial charge on any atom is 0.227 e. The van der Waals surface area contributed by atoms with Crippen molar-refractivity contribution in [3.05, 3.63) is 65.1 Å². The summed E-state index contributed by atoms with van der Waals surface area (Å²) >= 11 is 0. The minimum absolute atomic E-state index is 0.0105. The summed E-state index contributed by atoms with van der Waals surface area (Å²) in [5.41, 5.74) is 5.84. The molecule has 2 fully saturated rings. The number of hydrogen-bond acceptors (Lipinski definition) is 5. The van der Waals surface area contributed by atoms with Crippen LogP contribution in [-0.2, 0) is 9.53 Å². The molecular formula is C29H31FN4O3. The van der Waals surface area contributed by atoms with Gasteiger partial charge in [0.05, 0.1) is 28.9 Å². The Kier molecular flexibility index (Phi) is 5.87. The van der Waals surface area contributed by atoms with Gasteiger partial charge in [0, 0.05) is 30.3 Å². The van der Waals surface area contributed by atoms with Crippen LogP contribution in [0.15, 0.2) is 40.9 Å². The van der Waals surface area contributed by atoms with Crippen molar-refractivity contribution in [1.82, 2.24) is 14.7 Å². The first-order valence-corrected chi connectivity index (χ1v) is 13.0. The highest BCUT2D eigenvalue weighted by atomic mass is 19.1. The summed E-state index contributed by atoms with van der Waals surface area (Å²) in [6.07, 6.45) is 2.90. The molecule has 4 heterocycles. The van der Waals surface area contributed by atoms with Crippen molar-refractivity contribution in [2.45, 2.75) is 71.6 Å². The molecule has 6 rings (SSSR count). The minimum Gasteiger partial charge on any atom is -0.378 e. The number of nitrogens with zero attached hydrogens (tertiary/aromatic N) is 4. The average molecular weight is 503 g/mol. The van der Waals surface area contributed by atoms with Gasteiger partial charge in [-0.3, -0.25) is 4.79 Å². The van der Waals surface area contributed by atoms with Gasteiger partial charge in [0.25, 0.3) is 0 Å². The predicted octanol–water partition coefficient (Wildman–Crippen LogP) is 6.36. The lowest BCUT2D eigenvalue weighted by molar-refractivity contribution is -0.117. The van der Waals surface area contributed by atoms with Gasteiger partial charge in [0.15, 0.2) is 0 Å². The topological polar surface area (TPSA) is 73.4 Å². The zero-order valence-electron chi connectivity index (χ0n) is 21.6. The highest BCUT2D eigenvalue weighted by Crippen LogP contribution is 2.42. The highest BCUT2D eigenvalue weighted by Gasteiger charge is 2.38. The summed E-state index contributed by atoms with van der Waals surface area (Å²) in [5, 5.41) is 4.12. The molecule has 7 nitrogen and oxygen atoms in total. The Balaban J connectivity index is 1.51. The number of ether oxygens (including phenoxy) is 1. The van der Waals surface area contributed by atoms with E-state index in [9.17, 15) is 9.18 Å². The van der Waals surface area contributed by atoms with E-state index in [0.29, 0.717) is 30.7 Å². The third kappa shape index (κ3) is 4.03. The monoisotopic (exact) mass is 502 g/mol. The van der Waals surface area contributed by atoms with Crippen molar-refractivity contribution < 1.29 is 18.4 Å². The van der Waals surface area contributed by atoms with Crippen molar-refractivity contribution >= 4 is 22.6 Å². The zero-order chi connectivity index (χ0) is 25.8. The van der Waals surface area contributed by atoms with Gasteiger partial charge in [-0.1, -0.05) is 17.3 Å². The number of amides is 1. The maximum absolute atomic E-state index is 14.5. The average Bonchev–Trinajstić information content (AvgIpc) is 3.54. The number of halogens is 1. The molecular weight excluding hydrogens is 471 g/mol. The first-order valence-electron chi connectivity index (χ1n) is 13.0. The van der Waals surface area contributed by atoms with Crippen LogP contribution in [-0.4, -0.2) is 33.3 Å². The van der Waals surface area contributed by atoms with E-state index < -0.39 is 0 Å². The van der Waals surface area contributed by atoms with E-state index in [4.69, 9.17) is 14.2 Å². The van der Waals surface area contributed by atoms with Crippen molar-refractivity contribution in [3.63, 3.8) is 0 Å². The number of aryl methyl sites for hydroxylation is 3. The second kappa shape index (κ2) is 9.10. The van der Waals surface area contributed by atoms with E-state index in [0.717, 1.165) is 52.3 Å². The molecule has 8 heteroatoms. The zero-order valence-corrected chi connectivity index (χ0v) is 21.6. The maximum atomic E-state index is 14.5. The minimum atomic E-state index is -0.313. The van der Waals surface area contributed by atoms with E-state index in [1.54, 1.807) is 17.9 Å². The van der Waals surface area contributed by atoms with Crippen LogP contribution in [0.5, 0.6) is 0 Å². The fraction of sp³-hybridized carbons (Fsp3) is 0.414. The molecule has 0 bridgehead atoms. The van der Waals surface area contributed by atoms with Crippen LogP contribution in [0.25, 0.3) is 22.2 Å². The Morgan fingerprint density at radius 1 is 1.08 bits per heavy atom. The number of hydrogen-bond donors (Lipinski definition) is 0. The highest BCUT2D eigenvalue weighted by molar-refractivity contribution is 5.96. The molecule has 2 unspecified atom stereocenters. The first kappa shape index (κ1) is 23.9. The molecule has 1 amide bonds. The van der Waals surface area contributed by atoms with Crippen LogP contribution < -0.4 is 4.90 Å². The number of fused-ring (bicyclic) bond motifs is 1. The van der Waals surface area contributed by atoms with Gasteiger partial charge in [-0.05, 0) is 82.3 Å². The Bertz CT molecular complexity index is 1490. The van der Waals surface area contributed by atoms with Crippen LogP contribution in [0.3, 0.4) is 0 Å². The summed E-state index contributed by atoms with van der Waals surface area (Å²) in [5.74, 6) is 1.29. The Labute approximate surface area is 215 Å². The number of carbonyl (C=O) groups is 1. The quantitative estimate of drug-likeness (QED) is 0.324. The van der Waals surface area contributed by atoms with Gasteiger partial charge < -0.3 is 18.7 Å². The van der Waals surface area contributed by atoms with Crippen molar-refractivity contribution in [3.8, 4) is 11.1 Å². The van der Waals surface area contributed by atoms with E-state index in [1.165, 1.54) is 6.07 Å². The van der Waals surface area contributed by atoms with Crippen LogP contribution in [0.4, 0.5) is 10.1 Å². The molecule has 0 spiro atoms. The van der Waals surface area contributed by atoms with Crippen LogP contribution in [0.1, 0.15) is 67.5 Å². The number of carbonyl (C=O) groups excluding carboxylic acids is 1. The van der Waals surface area contributed by atoms with Crippen LogP contribution >= 0.6 is 0 Å².